The van der Waals surface area contributed by atoms with Crippen molar-refractivity contribution < 1.29 is 71.0 Å². The first kappa shape index (κ1) is 65.2. The van der Waals surface area contributed by atoms with Gasteiger partial charge in [0.1, 0.15) is 30.7 Å². The van der Waals surface area contributed by atoms with E-state index in [9.17, 15) is 43.5 Å². The number of phosphoric ester groups is 2. The molecule has 1 aromatic rings. The molecule has 3 heterocycles. The van der Waals surface area contributed by atoms with Crippen LogP contribution in [0.3, 0.4) is 0 Å². The van der Waals surface area contributed by atoms with E-state index >= 15 is 0 Å². The van der Waals surface area contributed by atoms with Gasteiger partial charge >= 0.3 is 33.3 Å². The molecule has 0 radical (unpaired) electrons. The van der Waals surface area contributed by atoms with Crippen molar-refractivity contribution in [2.24, 2.45) is 0 Å². The van der Waals surface area contributed by atoms with Crippen LogP contribution in [0.25, 0.3) is 0 Å². The van der Waals surface area contributed by atoms with Crippen LogP contribution in [0.15, 0.2) is 102 Å². The Balaban J connectivity index is 1.40. The second-order valence-corrected chi connectivity index (χ2v) is 21.4. The van der Waals surface area contributed by atoms with Crippen molar-refractivity contribution in [1.82, 2.24) is 9.55 Å². The SMILES string of the molecule is CC/C=C\CC1OC1C/C=C\C/C=C\C/C=C\C/C=C\CCC(=O)OC[C@H](COP(=O)(O)OP(=O)(O)OC[C@H]1O[C@@H](n2ccc(N)nc2=O)[C@H](O)[C@@H]1O)OC(=O)CCCCCCCCC/C=C\C/C=C\CCCCC. The molecule has 0 aliphatic carbocycles. The number of anilines is 1. The number of ether oxygens (including phenoxy) is 4. The molecule has 2 fully saturated rings. The molecule has 0 spiro atoms. The van der Waals surface area contributed by atoms with Gasteiger partial charge in [-0.15, -0.1) is 0 Å². The summed E-state index contributed by atoms with van der Waals surface area (Å²) in [6.45, 7) is 1.93. The number of carbonyl (C=O) groups excluding carboxylic acids is 2. The summed E-state index contributed by atoms with van der Waals surface area (Å²) >= 11 is 0. The summed E-state index contributed by atoms with van der Waals surface area (Å²) in [5.41, 5.74) is 4.59. The van der Waals surface area contributed by atoms with Crippen LogP contribution < -0.4 is 11.4 Å². The third-order valence-electron chi connectivity index (χ3n) is 11.9. The number of nitrogens with two attached hydrogens (primary N) is 1. The highest BCUT2D eigenvalue weighted by Crippen LogP contribution is 2.60. The first-order chi connectivity index (χ1) is 36.1. The maximum atomic E-state index is 12.9. The van der Waals surface area contributed by atoms with Gasteiger partial charge in [-0.05, 0) is 89.5 Å². The Morgan fingerprint density at radius 2 is 1.21 bits per heavy atom. The minimum Gasteiger partial charge on any atom is -0.462 e. The van der Waals surface area contributed by atoms with Crippen molar-refractivity contribution in [3.63, 3.8) is 0 Å². The molecular weight excluding hydrogens is 1010 g/mol. The smallest absolute Gasteiger partial charge is 0.462 e. The highest BCUT2D eigenvalue weighted by atomic mass is 31.3. The normalized spacial score (nSPS) is 22.2. The topological polar surface area (TPSA) is 278 Å². The van der Waals surface area contributed by atoms with Crippen LogP contribution in [-0.4, -0.2) is 97.9 Å². The van der Waals surface area contributed by atoms with Crippen LogP contribution in [0.1, 0.15) is 161 Å². The number of carbonyl (C=O) groups is 2. The molecule has 0 aromatic carbocycles. The van der Waals surface area contributed by atoms with E-state index in [2.05, 4.69) is 90.0 Å². The van der Waals surface area contributed by atoms with Crippen LogP contribution in [-0.2, 0) is 51.0 Å². The molecule has 0 bridgehead atoms. The van der Waals surface area contributed by atoms with Crippen LogP contribution in [0.4, 0.5) is 5.82 Å². The number of hydrogen-bond acceptors (Lipinski definition) is 16. The number of epoxide rings is 1. The molecule has 1 aromatic heterocycles. The number of aliphatic hydroxyl groups excluding tert-OH is 2. The summed E-state index contributed by atoms with van der Waals surface area (Å²) in [5, 5.41) is 20.9. The third kappa shape index (κ3) is 30.4. The average molecular weight is 1090 g/mol. The molecule has 2 aliphatic heterocycles. The van der Waals surface area contributed by atoms with Crippen molar-refractivity contribution in [2.45, 2.75) is 198 Å². The fourth-order valence-electron chi connectivity index (χ4n) is 7.65. The molecule has 422 valence electrons. The number of nitrogens with zero attached hydrogens (tertiary/aromatic N) is 2. The lowest BCUT2D eigenvalue weighted by Crippen LogP contribution is -2.36. The molecule has 0 saturated carbocycles. The first-order valence-corrected chi connectivity index (χ1v) is 29.7. The van der Waals surface area contributed by atoms with Crippen molar-refractivity contribution in [3.05, 3.63) is 108 Å². The Hall–Kier alpha value is -4.10. The zero-order chi connectivity index (χ0) is 54.6. The predicted octanol–water partition coefficient (Wildman–Crippen LogP) is 10.4. The summed E-state index contributed by atoms with van der Waals surface area (Å²) in [4.78, 5) is 62.0. The predicted molar refractivity (Wildman–Crippen MR) is 288 cm³/mol. The number of aromatic nitrogens is 2. The van der Waals surface area contributed by atoms with Crippen molar-refractivity contribution in [1.29, 1.82) is 0 Å². The molecule has 0 amide bonds. The molecule has 3 rings (SSSR count). The highest BCUT2D eigenvalue weighted by molar-refractivity contribution is 7.61. The summed E-state index contributed by atoms with van der Waals surface area (Å²) in [5.74, 6) is -1.42. The molecule has 21 heteroatoms. The Kier molecular flexibility index (Phi) is 33.4. The van der Waals surface area contributed by atoms with Gasteiger partial charge in [-0.2, -0.15) is 9.29 Å². The number of nitrogen functional groups attached to an aromatic ring is 1. The second kappa shape index (κ2) is 38.4. The number of phosphoric acid groups is 2. The minimum atomic E-state index is -5.45. The fourth-order valence-corrected chi connectivity index (χ4v) is 9.76. The monoisotopic (exact) mass is 1090 g/mol. The van der Waals surface area contributed by atoms with E-state index < -0.39 is 83.7 Å². The largest absolute Gasteiger partial charge is 0.481 e. The molecule has 2 aliphatic rings. The van der Waals surface area contributed by atoms with Crippen molar-refractivity contribution >= 4 is 33.4 Å². The van der Waals surface area contributed by atoms with Gasteiger partial charge in [-0.1, -0.05) is 144 Å². The lowest BCUT2D eigenvalue weighted by Gasteiger charge is -2.21. The van der Waals surface area contributed by atoms with E-state index in [1.54, 1.807) is 0 Å². The molecular formula is C54H85N3O16P2. The summed E-state index contributed by atoms with van der Waals surface area (Å²) < 4.78 is 62.5. The van der Waals surface area contributed by atoms with Gasteiger partial charge in [-0.3, -0.25) is 23.2 Å². The van der Waals surface area contributed by atoms with Crippen LogP contribution in [0, 0.1) is 0 Å². The van der Waals surface area contributed by atoms with E-state index in [0.717, 1.165) is 101 Å². The maximum Gasteiger partial charge on any atom is 0.481 e. The van der Waals surface area contributed by atoms with Crippen LogP contribution in [0.2, 0.25) is 0 Å². The molecule has 2 saturated heterocycles. The second-order valence-electron chi connectivity index (χ2n) is 18.4. The minimum absolute atomic E-state index is 0.00754. The van der Waals surface area contributed by atoms with E-state index in [1.165, 1.54) is 25.3 Å². The average Bonchev–Trinajstić information content (AvgIpc) is 4.06. The van der Waals surface area contributed by atoms with Gasteiger partial charge in [-0.25, -0.2) is 13.9 Å². The number of hydrogen-bond donors (Lipinski definition) is 5. The lowest BCUT2D eigenvalue weighted by atomic mass is 10.1. The first-order valence-electron chi connectivity index (χ1n) is 26.7. The molecule has 75 heavy (non-hydrogen) atoms. The maximum absolute atomic E-state index is 12.9. The summed E-state index contributed by atoms with van der Waals surface area (Å²) in [6.07, 6.45) is 42.8. The highest BCUT2D eigenvalue weighted by Gasteiger charge is 2.46. The number of unbranched alkanes of at least 4 members (excludes halogenated alkanes) is 10. The fraction of sp³-hybridized carbons (Fsp3) is 0.630. The zero-order valence-electron chi connectivity index (χ0n) is 44.0. The zero-order valence-corrected chi connectivity index (χ0v) is 45.8. The molecule has 19 nitrogen and oxygen atoms in total. The van der Waals surface area contributed by atoms with Gasteiger partial charge in [0.25, 0.3) is 0 Å². The van der Waals surface area contributed by atoms with Gasteiger partial charge in [0, 0.05) is 19.0 Å². The summed E-state index contributed by atoms with van der Waals surface area (Å²) in [6, 6.07) is 1.24. The molecule has 6 N–H and O–H groups in total. The van der Waals surface area contributed by atoms with Gasteiger partial charge < -0.3 is 44.7 Å². The third-order valence-corrected chi connectivity index (χ3v) is 14.5. The Morgan fingerprint density at radius 1 is 0.667 bits per heavy atom. The number of allylic oxidation sites excluding steroid dienone is 12. The van der Waals surface area contributed by atoms with E-state index in [4.69, 9.17) is 33.7 Å². The Bertz CT molecular complexity index is 2160. The molecule has 9 atom stereocenters. The quantitative estimate of drug-likeness (QED) is 0.0134. The summed E-state index contributed by atoms with van der Waals surface area (Å²) in [7, 11) is -10.9. The van der Waals surface area contributed by atoms with Gasteiger partial charge in [0.2, 0.25) is 0 Å². The Labute approximate surface area is 443 Å². The Morgan fingerprint density at radius 3 is 1.83 bits per heavy atom. The van der Waals surface area contributed by atoms with Gasteiger partial charge in [0.05, 0.1) is 25.4 Å². The number of rotatable bonds is 42. The van der Waals surface area contributed by atoms with Gasteiger partial charge in [0.15, 0.2) is 12.3 Å². The standard InChI is InChI=1S/C54H85N3O16P2/c1-3-5-7-8-9-10-11-12-13-14-15-16-21-24-27-30-34-38-50(59)70-44(41-67-49(58)37-33-29-26-23-20-18-17-19-22-25-28-32-36-46-45(71-46)35-31-6-4-2)42-68-74(63,64)73-75(65,66)69-43-47-51(60)52(61)53(72-47)57-40-39-48(55)56-54(57)62/h6,9-10,12-13,18-20,22,26,28-29,31-32,39-40,44-47,51-53,60-61H,3-5,7-8,11,14-17,21,23-25,27,30,33-38,41-43H2,1-2H3,(H,63,64)(H,65,66)(H2,55,56,62)/b10-9-,13-12-,20-18-,22-19-,29-26-,31-6-,32-28-/t44-,45?,46?,47-,51-,52-,53-/m1/s1. The van der Waals surface area contributed by atoms with Crippen LogP contribution >= 0.6 is 15.6 Å². The van der Waals surface area contributed by atoms with Crippen molar-refractivity contribution in [2.75, 3.05) is 25.6 Å². The van der Waals surface area contributed by atoms with Crippen molar-refractivity contribution in [3.8, 4) is 0 Å². The van der Waals surface area contributed by atoms with E-state index in [1.807, 2.05) is 18.2 Å². The lowest BCUT2D eigenvalue weighted by molar-refractivity contribution is -0.161. The number of esters is 2. The van der Waals surface area contributed by atoms with Crippen LogP contribution in [0.5, 0.6) is 0 Å². The van der Waals surface area contributed by atoms with E-state index in [0.29, 0.717) is 31.5 Å². The molecule has 4 unspecified atom stereocenters. The van der Waals surface area contributed by atoms with E-state index in [-0.39, 0.29) is 18.7 Å². The number of aliphatic hydroxyl groups is 2.